The Bertz CT molecular complexity index is 325. The first-order chi connectivity index (χ1) is 7.75. The van der Waals surface area contributed by atoms with Crippen molar-refractivity contribution in [1.29, 1.82) is 0 Å². The van der Waals surface area contributed by atoms with Gasteiger partial charge >= 0.3 is 0 Å². The monoisotopic (exact) mass is 223 g/mol. The predicted octanol–water partition coefficient (Wildman–Crippen LogP) is 2.59. The molecule has 1 aromatic carbocycles. The van der Waals surface area contributed by atoms with Crippen molar-refractivity contribution < 1.29 is 9.13 Å². The molecule has 2 rings (SSSR count). The zero-order chi connectivity index (χ0) is 11.4. The Morgan fingerprint density at radius 3 is 2.81 bits per heavy atom. The average Bonchev–Trinajstić information content (AvgIpc) is 2.48. The quantitative estimate of drug-likeness (QED) is 0.832. The van der Waals surface area contributed by atoms with E-state index in [9.17, 15) is 4.39 Å². The maximum atomic E-state index is 12.7. The normalized spacial score (nSPS) is 26.1. The molecule has 0 radical (unpaired) electrons. The summed E-state index contributed by atoms with van der Waals surface area (Å²) >= 11 is 0. The van der Waals surface area contributed by atoms with Crippen molar-refractivity contribution >= 4 is 0 Å². The van der Waals surface area contributed by atoms with E-state index in [-0.39, 0.29) is 11.9 Å². The van der Waals surface area contributed by atoms with Crippen LogP contribution in [-0.2, 0) is 0 Å². The molecule has 1 aliphatic rings. The van der Waals surface area contributed by atoms with Gasteiger partial charge in [-0.05, 0) is 43.7 Å². The maximum absolute atomic E-state index is 12.7. The molecule has 0 saturated carbocycles. The Kier molecular flexibility index (Phi) is 3.78. The highest BCUT2D eigenvalue weighted by Crippen LogP contribution is 2.20. The fourth-order valence-corrected chi connectivity index (χ4v) is 2.04. The first kappa shape index (κ1) is 11.4. The van der Waals surface area contributed by atoms with Crippen molar-refractivity contribution in [2.24, 2.45) is 5.92 Å². The van der Waals surface area contributed by atoms with Crippen molar-refractivity contribution in [3.05, 3.63) is 30.1 Å². The van der Waals surface area contributed by atoms with Crippen LogP contribution in [0.3, 0.4) is 0 Å². The third-order valence-electron chi connectivity index (χ3n) is 3.04. The minimum atomic E-state index is -0.220. The lowest BCUT2D eigenvalue weighted by Gasteiger charge is -2.22. The summed E-state index contributed by atoms with van der Waals surface area (Å²) in [5.74, 6) is 1.04. The average molecular weight is 223 g/mol. The second-order valence-electron chi connectivity index (χ2n) is 4.43. The summed E-state index contributed by atoms with van der Waals surface area (Å²) in [5.41, 5.74) is 0. The van der Waals surface area contributed by atoms with Crippen LogP contribution in [0, 0.1) is 11.7 Å². The SMILES string of the molecule is CC1CNCCCC1Oc1ccc(F)cc1. The van der Waals surface area contributed by atoms with Crippen molar-refractivity contribution in [3.63, 3.8) is 0 Å². The van der Waals surface area contributed by atoms with Gasteiger partial charge in [0.05, 0.1) is 0 Å². The molecular formula is C13H18FNO. The summed E-state index contributed by atoms with van der Waals surface area (Å²) in [6, 6.07) is 6.27. The van der Waals surface area contributed by atoms with Crippen LogP contribution in [0.4, 0.5) is 4.39 Å². The van der Waals surface area contributed by atoms with Gasteiger partial charge < -0.3 is 10.1 Å². The lowest BCUT2D eigenvalue weighted by atomic mass is 10.0. The summed E-state index contributed by atoms with van der Waals surface area (Å²) in [6.07, 6.45) is 2.43. The molecular weight excluding hydrogens is 205 g/mol. The Morgan fingerprint density at radius 2 is 2.06 bits per heavy atom. The molecule has 16 heavy (non-hydrogen) atoms. The molecule has 0 amide bonds. The number of halogens is 1. The van der Waals surface area contributed by atoms with Crippen molar-refractivity contribution in [1.82, 2.24) is 5.32 Å². The smallest absolute Gasteiger partial charge is 0.123 e. The minimum Gasteiger partial charge on any atom is -0.490 e. The second-order valence-corrected chi connectivity index (χ2v) is 4.43. The number of benzene rings is 1. The van der Waals surface area contributed by atoms with Gasteiger partial charge in [0.1, 0.15) is 17.7 Å². The number of hydrogen-bond acceptors (Lipinski definition) is 2. The lowest BCUT2D eigenvalue weighted by Crippen LogP contribution is -2.29. The maximum Gasteiger partial charge on any atom is 0.123 e. The van der Waals surface area contributed by atoms with Crippen LogP contribution in [0.1, 0.15) is 19.8 Å². The van der Waals surface area contributed by atoms with E-state index in [1.807, 2.05) is 0 Å². The molecule has 0 aliphatic carbocycles. The summed E-state index contributed by atoms with van der Waals surface area (Å²) in [4.78, 5) is 0. The van der Waals surface area contributed by atoms with Crippen LogP contribution in [-0.4, -0.2) is 19.2 Å². The lowest BCUT2D eigenvalue weighted by molar-refractivity contribution is 0.141. The summed E-state index contributed by atoms with van der Waals surface area (Å²) in [6.45, 7) is 4.24. The van der Waals surface area contributed by atoms with E-state index in [0.29, 0.717) is 5.92 Å². The van der Waals surface area contributed by atoms with Gasteiger partial charge in [0.25, 0.3) is 0 Å². The second kappa shape index (κ2) is 5.30. The van der Waals surface area contributed by atoms with Gasteiger partial charge in [-0.3, -0.25) is 0 Å². The Balaban J connectivity index is 1.99. The Hall–Kier alpha value is -1.09. The van der Waals surface area contributed by atoms with E-state index >= 15 is 0 Å². The number of hydrogen-bond donors (Lipinski definition) is 1. The summed E-state index contributed by atoms with van der Waals surface area (Å²) in [7, 11) is 0. The van der Waals surface area contributed by atoms with E-state index in [2.05, 4.69) is 12.2 Å². The molecule has 2 atom stereocenters. The third kappa shape index (κ3) is 2.95. The van der Waals surface area contributed by atoms with Gasteiger partial charge in [0, 0.05) is 12.5 Å². The van der Waals surface area contributed by atoms with Crippen molar-refractivity contribution in [2.45, 2.75) is 25.9 Å². The zero-order valence-electron chi connectivity index (χ0n) is 9.58. The van der Waals surface area contributed by atoms with Gasteiger partial charge in [-0.1, -0.05) is 6.92 Å². The first-order valence-corrected chi connectivity index (χ1v) is 5.88. The highest BCUT2D eigenvalue weighted by molar-refractivity contribution is 5.22. The van der Waals surface area contributed by atoms with Crippen LogP contribution in [0.25, 0.3) is 0 Å². The molecule has 1 saturated heterocycles. The molecule has 2 nitrogen and oxygen atoms in total. The highest BCUT2D eigenvalue weighted by Gasteiger charge is 2.21. The molecule has 1 aromatic rings. The molecule has 1 N–H and O–H groups in total. The number of rotatable bonds is 2. The fourth-order valence-electron chi connectivity index (χ4n) is 2.04. The molecule has 2 unspecified atom stereocenters. The van der Waals surface area contributed by atoms with Crippen LogP contribution in [0.15, 0.2) is 24.3 Å². The van der Waals surface area contributed by atoms with Crippen molar-refractivity contribution in [2.75, 3.05) is 13.1 Å². The van der Waals surface area contributed by atoms with Crippen LogP contribution < -0.4 is 10.1 Å². The van der Waals surface area contributed by atoms with Gasteiger partial charge in [0.15, 0.2) is 0 Å². The summed E-state index contributed by atoms with van der Waals surface area (Å²) in [5, 5.41) is 3.38. The van der Waals surface area contributed by atoms with Crippen LogP contribution in [0.2, 0.25) is 0 Å². The molecule has 88 valence electrons. The van der Waals surface area contributed by atoms with E-state index < -0.39 is 0 Å². The van der Waals surface area contributed by atoms with E-state index in [0.717, 1.165) is 31.7 Å². The molecule has 0 bridgehead atoms. The van der Waals surface area contributed by atoms with Gasteiger partial charge in [-0.25, -0.2) is 4.39 Å². The molecule has 1 fully saturated rings. The first-order valence-electron chi connectivity index (χ1n) is 5.88. The van der Waals surface area contributed by atoms with Crippen LogP contribution >= 0.6 is 0 Å². The fraction of sp³-hybridized carbons (Fsp3) is 0.538. The molecule has 1 heterocycles. The molecule has 1 aliphatic heterocycles. The minimum absolute atomic E-state index is 0.220. The van der Waals surface area contributed by atoms with Gasteiger partial charge in [-0.2, -0.15) is 0 Å². The summed E-state index contributed by atoms with van der Waals surface area (Å²) < 4.78 is 18.6. The van der Waals surface area contributed by atoms with E-state index in [1.54, 1.807) is 12.1 Å². The highest BCUT2D eigenvalue weighted by atomic mass is 19.1. The Morgan fingerprint density at radius 1 is 1.31 bits per heavy atom. The Labute approximate surface area is 95.8 Å². The van der Waals surface area contributed by atoms with Gasteiger partial charge in [-0.15, -0.1) is 0 Å². The van der Waals surface area contributed by atoms with Crippen molar-refractivity contribution in [3.8, 4) is 5.75 Å². The number of nitrogens with one attached hydrogen (secondary N) is 1. The standard InChI is InChI=1S/C13H18FNO/c1-10-9-15-8-2-3-13(10)16-12-6-4-11(14)5-7-12/h4-7,10,13,15H,2-3,8-9H2,1H3. The number of ether oxygens (including phenoxy) is 1. The van der Waals surface area contributed by atoms with E-state index in [4.69, 9.17) is 4.74 Å². The molecule has 0 aromatic heterocycles. The predicted molar refractivity (Wildman–Crippen MR) is 62.1 cm³/mol. The third-order valence-corrected chi connectivity index (χ3v) is 3.04. The zero-order valence-corrected chi connectivity index (χ0v) is 9.58. The van der Waals surface area contributed by atoms with Crippen LogP contribution in [0.5, 0.6) is 5.75 Å². The topological polar surface area (TPSA) is 21.3 Å². The van der Waals surface area contributed by atoms with E-state index in [1.165, 1.54) is 12.1 Å². The molecule has 3 heteroatoms. The van der Waals surface area contributed by atoms with Gasteiger partial charge in [0.2, 0.25) is 0 Å². The molecule has 0 spiro atoms. The largest absolute Gasteiger partial charge is 0.490 e.